The predicted octanol–water partition coefficient (Wildman–Crippen LogP) is 6.74. The number of aliphatic hydroxyl groups excluding tert-OH is 1. The van der Waals surface area contributed by atoms with E-state index in [1.54, 1.807) is 0 Å². The first kappa shape index (κ1) is 31.6. The van der Waals surface area contributed by atoms with Crippen LogP contribution in [0.25, 0.3) is 0 Å². The van der Waals surface area contributed by atoms with Crippen molar-refractivity contribution in [2.24, 2.45) is 11.8 Å². The van der Waals surface area contributed by atoms with Crippen LogP contribution in [0.2, 0.25) is 0 Å². The van der Waals surface area contributed by atoms with Gasteiger partial charge in [-0.15, -0.1) is 0 Å². The second kappa shape index (κ2) is 19.0. The summed E-state index contributed by atoms with van der Waals surface area (Å²) in [7, 11) is 0. The number of unbranched alkanes of at least 4 members (excludes halogenated alkanes) is 9. The zero-order valence-electron chi connectivity index (χ0n) is 20.8. The fourth-order valence-electron chi connectivity index (χ4n) is 4.34. The summed E-state index contributed by atoms with van der Waals surface area (Å²) in [5.74, 6) is -5.57. The van der Waals surface area contributed by atoms with Crippen molar-refractivity contribution in [3.63, 3.8) is 0 Å². The maximum absolute atomic E-state index is 14.2. The number of aliphatic hydroxyl groups is 1. The molecule has 0 fully saturated rings. The normalized spacial score (nSPS) is 13.6. The minimum absolute atomic E-state index is 0.0482. The summed E-state index contributed by atoms with van der Waals surface area (Å²) in [6.07, 6.45) is 10.1. The number of carboxylic acids is 1. The lowest BCUT2D eigenvalue weighted by atomic mass is 9.81. The van der Waals surface area contributed by atoms with E-state index in [0.717, 1.165) is 51.4 Å². The van der Waals surface area contributed by atoms with Crippen molar-refractivity contribution < 1.29 is 33.4 Å². The largest absolute Gasteiger partial charge is 0.481 e. The van der Waals surface area contributed by atoms with Crippen molar-refractivity contribution in [2.75, 3.05) is 6.61 Å². The van der Waals surface area contributed by atoms with Gasteiger partial charge in [-0.25, -0.2) is 0 Å². The van der Waals surface area contributed by atoms with Gasteiger partial charge in [-0.1, -0.05) is 71.1 Å². The van der Waals surface area contributed by atoms with Crippen molar-refractivity contribution in [1.82, 2.24) is 0 Å². The second-order valence-electron chi connectivity index (χ2n) is 9.49. The number of ketones is 2. The molecule has 0 aromatic carbocycles. The molecule has 2 N–H and O–H groups in total. The molecule has 0 amide bonds. The Morgan fingerprint density at radius 1 is 0.788 bits per heavy atom. The van der Waals surface area contributed by atoms with Gasteiger partial charge in [-0.2, -0.15) is 8.78 Å². The summed E-state index contributed by atoms with van der Waals surface area (Å²) in [5.41, 5.74) is 0. The van der Waals surface area contributed by atoms with Crippen LogP contribution >= 0.6 is 0 Å². The van der Waals surface area contributed by atoms with Crippen LogP contribution in [0.4, 0.5) is 8.78 Å². The van der Waals surface area contributed by atoms with Crippen LogP contribution in [0, 0.1) is 11.8 Å². The topological polar surface area (TPSA) is 91.7 Å². The quantitative estimate of drug-likeness (QED) is 0.159. The van der Waals surface area contributed by atoms with Crippen LogP contribution in [-0.2, 0) is 14.4 Å². The zero-order chi connectivity index (χ0) is 25.1. The predicted molar refractivity (Wildman–Crippen MR) is 126 cm³/mol. The van der Waals surface area contributed by atoms with Gasteiger partial charge in [-0.05, 0) is 38.0 Å². The highest BCUT2D eigenvalue weighted by Gasteiger charge is 2.37. The molecule has 0 aliphatic rings. The SMILES string of the molecule is CCCCCCC(F)(F)C(=O)CC[C@H](CCCCCCCCCC(=O)O)C(CO)CC(C)=O. The Morgan fingerprint density at radius 3 is 1.91 bits per heavy atom. The number of alkyl halides is 2. The lowest BCUT2D eigenvalue weighted by Crippen LogP contribution is -2.30. The monoisotopic (exact) mass is 476 g/mol. The molecule has 0 heterocycles. The number of aliphatic carboxylic acids is 1. The highest BCUT2D eigenvalue weighted by molar-refractivity contribution is 5.85. The molecular weight excluding hydrogens is 430 g/mol. The highest BCUT2D eigenvalue weighted by Crippen LogP contribution is 2.31. The van der Waals surface area contributed by atoms with Gasteiger partial charge in [0.25, 0.3) is 0 Å². The average Bonchev–Trinajstić information content (AvgIpc) is 2.75. The van der Waals surface area contributed by atoms with Gasteiger partial charge in [0.05, 0.1) is 0 Å². The Morgan fingerprint density at radius 2 is 1.36 bits per heavy atom. The van der Waals surface area contributed by atoms with E-state index in [1.165, 1.54) is 6.92 Å². The Balaban J connectivity index is 4.53. The van der Waals surface area contributed by atoms with Gasteiger partial charge in [0, 0.05) is 32.3 Å². The molecule has 0 aromatic heterocycles. The van der Waals surface area contributed by atoms with Crippen LogP contribution in [0.5, 0.6) is 0 Å². The number of halogens is 2. The average molecular weight is 477 g/mol. The summed E-state index contributed by atoms with van der Waals surface area (Å²) in [5, 5.41) is 18.4. The van der Waals surface area contributed by atoms with E-state index in [0.29, 0.717) is 25.7 Å². The van der Waals surface area contributed by atoms with Crippen molar-refractivity contribution in [2.45, 2.75) is 129 Å². The lowest BCUT2D eigenvalue weighted by Gasteiger charge is -2.26. The molecule has 194 valence electrons. The van der Waals surface area contributed by atoms with E-state index < -0.39 is 24.1 Å². The van der Waals surface area contributed by atoms with Gasteiger partial charge in [0.1, 0.15) is 5.78 Å². The smallest absolute Gasteiger partial charge is 0.305 e. The summed E-state index contributed by atoms with van der Waals surface area (Å²) < 4.78 is 28.5. The molecular formula is C26H46F2O5. The lowest BCUT2D eigenvalue weighted by molar-refractivity contribution is -0.144. The first-order chi connectivity index (χ1) is 15.6. The van der Waals surface area contributed by atoms with Gasteiger partial charge < -0.3 is 15.0 Å². The van der Waals surface area contributed by atoms with E-state index in [1.807, 2.05) is 6.92 Å². The molecule has 7 heteroatoms. The number of carboxylic acid groups (broad SMARTS) is 1. The fourth-order valence-corrected chi connectivity index (χ4v) is 4.34. The molecule has 5 nitrogen and oxygen atoms in total. The van der Waals surface area contributed by atoms with Crippen molar-refractivity contribution in [3.05, 3.63) is 0 Å². The summed E-state index contributed by atoms with van der Waals surface area (Å²) >= 11 is 0. The molecule has 33 heavy (non-hydrogen) atoms. The summed E-state index contributed by atoms with van der Waals surface area (Å²) in [6, 6.07) is 0. The van der Waals surface area contributed by atoms with Gasteiger partial charge in [0.2, 0.25) is 5.78 Å². The summed E-state index contributed by atoms with van der Waals surface area (Å²) in [4.78, 5) is 34.3. The van der Waals surface area contributed by atoms with Crippen molar-refractivity contribution in [1.29, 1.82) is 0 Å². The third kappa shape index (κ3) is 16.8. The number of Topliss-reactive ketones (excluding diaryl/α,β-unsaturated/α-hetero) is 2. The zero-order valence-corrected chi connectivity index (χ0v) is 20.8. The van der Waals surface area contributed by atoms with Crippen LogP contribution in [0.1, 0.15) is 123 Å². The van der Waals surface area contributed by atoms with Crippen LogP contribution in [-0.4, -0.2) is 40.3 Å². The number of carbonyl (C=O) groups is 3. The molecule has 0 saturated heterocycles. The minimum Gasteiger partial charge on any atom is -0.481 e. The van der Waals surface area contributed by atoms with Crippen molar-refractivity contribution in [3.8, 4) is 0 Å². The molecule has 2 atom stereocenters. The van der Waals surface area contributed by atoms with Gasteiger partial charge >= 0.3 is 11.9 Å². The molecule has 0 spiro atoms. The first-order valence-electron chi connectivity index (χ1n) is 12.9. The van der Waals surface area contributed by atoms with Gasteiger partial charge in [-0.3, -0.25) is 9.59 Å². The molecule has 1 unspecified atom stereocenters. The van der Waals surface area contributed by atoms with E-state index >= 15 is 0 Å². The third-order valence-electron chi connectivity index (χ3n) is 6.41. The fraction of sp³-hybridized carbons (Fsp3) is 0.885. The van der Waals surface area contributed by atoms with E-state index in [-0.39, 0.29) is 49.9 Å². The van der Waals surface area contributed by atoms with Crippen molar-refractivity contribution >= 4 is 17.5 Å². The molecule has 0 aliphatic heterocycles. The Kier molecular flexibility index (Phi) is 18.2. The molecule has 0 bridgehead atoms. The van der Waals surface area contributed by atoms with Crippen LogP contribution in [0.3, 0.4) is 0 Å². The van der Waals surface area contributed by atoms with Crippen LogP contribution < -0.4 is 0 Å². The molecule has 0 radical (unpaired) electrons. The molecule has 0 aromatic rings. The maximum Gasteiger partial charge on any atom is 0.305 e. The van der Waals surface area contributed by atoms with E-state index in [9.17, 15) is 28.3 Å². The maximum atomic E-state index is 14.2. The highest BCUT2D eigenvalue weighted by atomic mass is 19.3. The Bertz CT molecular complexity index is 551. The first-order valence-corrected chi connectivity index (χ1v) is 12.9. The van der Waals surface area contributed by atoms with E-state index in [2.05, 4.69) is 0 Å². The number of hydrogen-bond acceptors (Lipinski definition) is 4. The van der Waals surface area contributed by atoms with E-state index in [4.69, 9.17) is 5.11 Å². The molecule has 0 rings (SSSR count). The molecule has 0 aliphatic carbocycles. The Hall–Kier alpha value is -1.37. The molecule has 0 saturated carbocycles. The minimum atomic E-state index is -3.30. The third-order valence-corrected chi connectivity index (χ3v) is 6.41. The Labute approximate surface area is 198 Å². The summed E-state index contributed by atoms with van der Waals surface area (Å²) in [6.45, 7) is 3.28. The van der Waals surface area contributed by atoms with Gasteiger partial charge in [0.15, 0.2) is 0 Å². The van der Waals surface area contributed by atoms with Crippen LogP contribution in [0.15, 0.2) is 0 Å². The number of carbonyl (C=O) groups excluding carboxylic acids is 2. The number of hydrogen-bond donors (Lipinski definition) is 2. The second-order valence-corrected chi connectivity index (χ2v) is 9.49. The number of rotatable bonds is 23. The standard InChI is InChI=1S/C26H46F2O5/c1-3-4-5-13-18-26(27,28)24(31)17-16-22(23(20-29)19-21(2)30)14-11-9-7-6-8-10-12-15-25(32)33/h22-23,29H,3-20H2,1-2H3,(H,32,33)/t22-,23?/m0/s1.